The summed E-state index contributed by atoms with van der Waals surface area (Å²) >= 11 is 0. The predicted molar refractivity (Wildman–Crippen MR) is 134 cm³/mol. The van der Waals surface area contributed by atoms with Crippen molar-refractivity contribution in [3.8, 4) is 17.6 Å². The van der Waals surface area contributed by atoms with E-state index in [0.717, 1.165) is 33.6 Å². The quantitative estimate of drug-likeness (QED) is 0.338. The highest BCUT2D eigenvalue weighted by Crippen LogP contribution is 2.29. The fourth-order valence-electron chi connectivity index (χ4n) is 4.01. The van der Waals surface area contributed by atoms with Crippen molar-refractivity contribution in [2.24, 2.45) is 0 Å². The summed E-state index contributed by atoms with van der Waals surface area (Å²) in [6.45, 7) is 2.15. The normalized spacial score (nSPS) is 11.6. The molecule has 1 N–H and O–H groups in total. The van der Waals surface area contributed by atoms with E-state index in [2.05, 4.69) is 76.5 Å². The first kappa shape index (κ1) is 20.5. The number of hydrogen-bond donors (Lipinski definition) is 1. The Morgan fingerprint density at radius 1 is 0.788 bits per heavy atom. The molecule has 0 aliphatic heterocycles. The topological polar surface area (TPSA) is 47.0 Å². The van der Waals surface area contributed by atoms with Crippen molar-refractivity contribution in [1.82, 2.24) is 9.97 Å². The van der Waals surface area contributed by atoms with Gasteiger partial charge in [0.05, 0.1) is 18.7 Å². The maximum absolute atomic E-state index is 5.29. The van der Waals surface area contributed by atoms with Gasteiger partial charge in [-0.15, -0.1) is 0 Å². The van der Waals surface area contributed by atoms with E-state index in [4.69, 9.17) is 4.74 Å². The third-order valence-electron chi connectivity index (χ3n) is 5.70. The minimum absolute atomic E-state index is 0.0701. The lowest BCUT2D eigenvalue weighted by molar-refractivity contribution is 0.414. The first-order valence-corrected chi connectivity index (χ1v) is 10.9. The van der Waals surface area contributed by atoms with Crippen molar-refractivity contribution in [2.75, 3.05) is 12.4 Å². The molecule has 4 aromatic carbocycles. The Hall–Kier alpha value is -4.36. The van der Waals surface area contributed by atoms with Gasteiger partial charge in [0.25, 0.3) is 0 Å². The molecule has 0 amide bonds. The largest absolute Gasteiger partial charge is 0.497 e. The highest BCUT2D eigenvalue weighted by Gasteiger charge is 2.12. The van der Waals surface area contributed by atoms with Crippen molar-refractivity contribution in [3.63, 3.8) is 0 Å². The average molecular weight is 430 g/mol. The van der Waals surface area contributed by atoms with Crippen LogP contribution in [0.1, 0.15) is 29.7 Å². The van der Waals surface area contributed by atoms with Gasteiger partial charge in [-0.3, -0.25) is 0 Å². The molecule has 5 aromatic rings. The third-order valence-corrected chi connectivity index (χ3v) is 5.70. The second kappa shape index (κ2) is 9.02. The van der Waals surface area contributed by atoms with Crippen LogP contribution < -0.4 is 10.1 Å². The summed E-state index contributed by atoms with van der Waals surface area (Å²) in [5.41, 5.74) is 3.92. The Balaban J connectivity index is 1.48. The zero-order valence-electron chi connectivity index (χ0n) is 18.5. The lowest BCUT2D eigenvalue weighted by atomic mass is 9.99. The van der Waals surface area contributed by atoms with Crippen molar-refractivity contribution in [1.29, 1.82) is 0 Å². The number of anilines is 1. The number of rotatable bonds is 4. The van der Waals surface area contributed by atoms with Crippen molar-refractivity contribution in [3.05, 3.63) is 108 Å². The zero-order valence-corrected chi connectivity index (χ0v) is 18.5. The SMILES string of the molecule is COc1cccc(C#Cc2ccc3ncnc(N[C@H](C)c4cccc5ccccc45)c3c2)c1. The molecule has 0 radical (unpaired) electrons. The van der Waals surface area contributed by atoms with Crippen LogP contribution in [0.25, 0.3) is 21.7 Å². The number of ether oxygens (including phenoxy) is 1. The van der Waals surface area contributed by atoms with Gasteiger partial charge in [0.2, 0.25) is 0 Å². The monoisotopic (exact) mass is 429 g/mol. The number of methoxy groups -OCH3 is 1. The van der Waals surface area contributed by atoms with Crippen LogP contribution in [0.3, 0.4) is 0 Å². The summed E-state index contributed by atoms with van der Waals surface area (Å²) in [6, 6.07) is 28.7. The van der Waals surface area contributed by atoms with Crippen LogP contribution in [0, 0.1) is 11.8 Å². The second-order valence-corrected chi connectivity index (χ2v) is 7.87. The van der Waals surface area contributed by atoms with Gasteiger partial charge in [-0.25, -0.2) is 9.97 Å². The number of nitrogens with zero attached hydrogens (tertiary/aromatic N) is 2. The summed E-state index contributed by atoms with van der Waals surface area (Å²) < 4.78 is 5.29. The maximum atomic E-state index is 5.29. The van der Waals surface area contributed by atoms with Crippen LogP contribution in [0.5, 0.6) is 5.75 Å². The molecule has 1 heterocycles. The Labute approximate surface area is 193 Å². The average Bonchev–Trinajstić information content (AvgIpc) is 2.87. The Morgan fingerprint density at radius 2 is 1.58 bits per heavy atom. The van der Waals surface area contributed by atoms with Crippen LogP contribution in [-0.2, 0) is 0 Å². The summed E-state index contributed by atoms with van der Waals surface area (Å²) in [6.07, 6.45) is 1.60. The Kier molecular flexibility index (Phi) is 5.61. The van der Waals surface area contributed by atoms with Gasteiger partial charge >= 0.3 is 0 Å². The molecule has 5 rings (SSSR count). The van der Waals surface area contributed by atoms with Gasteiger partial charge in [-0.05, 0) is 59.7 Å². The van der Waals surface area contributed by atoms with Crippen molar-refractivity contribution < 1.29 is 4.74 Å². The van der Waals surface area contributed by atoms with Crippen LogP contribution in [0.4, 0.5) is 5.82 Å². The molecule has 0 unspecified atom stereocenters. The summed E-state index contributed by atoms with van der Waals surface area (Å²) in [7, 11) is 1.66. The van der Waals surface area contributed by atoms with Gasteiger partial charge in [-0.2, -0.15) is 0 Å². The van der Waals surface area contributed by atoms with E-state index < -0.39 is 0 Å². The van der Waals surface area contributed by atoms with Crippen LogP contribution in [0.2, 0.25) is 0 Å². The Bertz CT molecular complexity index is 1510. The van der Waals surface area contributed by atoms with E-state index in [-0.39, 0.29) is 6.04 Å². The molecule has 0 saturated heterocycles. The van der Waals surface area contributed by atoms with E-state index >= 15 is 0 Å². The molecule has 33 heavy (non-hydrogen) atoms. The molecule has 0 spiro atoms. The van der Waals surface area contributed by atoms with Crippen LogP contribution in [-0.4, -0.2) is 17.1 Å². The van der Waals surface area contributed by atoms with Gasteiger partial charge in [0, 0.05) is 16.5 Å². The molecule has 1 atom stereocenters. The molecule has 0 fully saturated rings. The molecular formula is C29H23N3O. The maximum Gasteiger partial charge on any atom is 0.137 e. The van der Waals surface area contributed by atoms with E-state index in [1.165, 1.54) is 16.3 Å². The fourth-order valence-corrected chi connectivity index (χ4v) is 4.01. The van der Waals surface area contributed by atoms with Crippen molar-refractivity contribution in [2.45, 2.75) is 13.0 Å². The second-order valence-electron chi connectivity index (χ2n) is 7.87. The number of aromatic nitrogens is 2. The number of nitrogens with one attached hydrogen (secondary N) is 1. The molecule has 0 aliphatic rings. The van der Waals surface area contributed by atoms with E-state index in [0.29, 0.717) is 0 Å². The summed E-state index contributed by atoms with van der Waals surface area (Å²) in [5.74, 6) is 8.06. The lowest BCUT2D eigenvalue weighted by Crippen LogP contribution is -2.09. The predicted octanol–water partition coefficient (Wildman–Crippen LogP) is 6.36. The van der Waals surface area contributed by atoms with Crippen molar-refractivity contribution >= 4 is 27.5 Å². The van der Waals surface area contributed by atoms with Gasteiger partial charge < -0.3 is 10.1 Å². The highest BCUT2D eigenvalue weighted by atomic mass is 16.5. The number of hydrogen-bond acceptors (Lipinski definition) is 4. The molecule has 0 bridgehead atoms. The number of fused-ring (bicyclic) bond motifs is 2. The third kappa shape index (κ3) is 4.35. The first-order valence-electron chi connectivity index (χ1n) is 10.9. The Morgan fingerprint density at radius 3 is 2.45 bits per heavy atom. The molecule has 0 aliphatic carbocycles. The highest BCUT2D eigenvalue weighted by molar-refractivity contribution is 5.91. The molecule has 4 heteroatoms. The summed E-state index contributed by atoms with van der Waals surface area (Å²) in [4.78, 5) is 8.99. The number of benzene rings is 4. The molecule has 160 valence electrons. The van der Waals surface area contributed by atoms with Gasteiger partial charge in [0.1, 0.15) is 17.9 Å². The standard InChI is InChI=1S/C29H23N3O/c1-20(25-12-6-9-23-8-3-4-11-26(23)25)32-29-27-18-22(15-16-28(27)30-19-31-29)14-13-21-7-5-10-24(17-21)33-2/h3-12,15-20H,1-2H3,(H,30,31,32)/t20-/m1/s1. The zero-order chi connectivity index (χ0) is 22.6. The smallest absolute Gasteiger partial charge is 0.137 e. The minimum atomic E-state index is 0.0701. The van der Waals surface area contributed by atoms with Crippen LogP contribution in [0.15, 0.2) is 91.3 Å². The summed E-state index contributed by atoms with van der Waals surface area (Å²) in [5, 5.41) is 7.01. The van der Waals surface area contributed by atoms with E-state index in [1.54, 1.807) is 13.4 Å². The van der Waals surface area contributed by atoms with Gasteiger partial charge in [0.15, 0.2) is 0 Å². The first-order chi connectivity index (χ1) is 16.2. The molecular weight excluding hydrogens is 406 g/mol. The molecule has 0 saturated carbocycles. The van der Waals surface area contributed by atoms with Crippen LogP contribution >= 0.6 is 0 Å². The van der Waals surface area contributed by atoms with E-state index in [1.807, 2.05) is 42.5 Å². The van der Waals surface area contributed by atoms with Gasteiger partial charge in [-0.1, -0.05) is 60.4 Å². The lowest BCUT2D eigenvalue weighted by Gasteiger charge is -2.18. The minimum Gasteiger partial charge on any atom is -0.497 e. The molecule has 4 nitrogen and oxygen atoms in total. The van der Waals surface area contributed by atoms with E-state index in [9.17, 15) is 0 Å². The fraction of sp³-hybridized carbons (Fsp3) is 0.103. The molecule has 1 aromatic heterocycles.